The summed E-state index contributed by atoms with van der Waals surface area (Å²) in [4.78, 5) is 25.2. The number of piperazine rings is 1. The number of carbonyl (C=O) groups excluding carboxylic acids is 2. The molecule has 0 atom stereocenters. The number of nitrogens with zero attached hydrogens (tertiary/aromatic N) is 2. The average Bonchev–Trinajstić information content (AvgIpc) is 2.90. The molecule has 0 aromatic carbocycles. The summed E-state index contributed by atoms with van der Waals surface area (Å²) in [6.45, 7) is 0.0649. The van der Waals surface area contributed by atoms with Gasteiger partial charge in [0.05, 0.1) is 5.56 Å². The van der Waals surface area contributed by atoms with Crippen LogP contribution in [0.4, 0.5) is 13.2 Å². The van der Waals surface area contributed by atoms with Crippen molar-refractivity contribution < 1.29 is 22.8 Å². The smallest absolute Gasteiger partial charge is 0.335 e. The molecule has 2 heterocycles. The number of carbonyl (C=O) groups is 2. The summed E-state index contributed by atoms with van der Waals surface area (Å²) < 4.78 is 36.7. The molecule has 0 saturated carbocycles. The third-order valence-corrected chi connectivity index (χ3v) is 3.55. The summed E-state index contributed by atoms with van der Waals surface area (Å²) in [7, 11) is 0. The molecule has 2 amide bonds. The monoisotopic (exact) mass is 292 g/mol. The van der Waals surface area contributed by atoms with Crippen LogP contribution in [0.1, 0.15) is 10.4 Å². The van der Waals surface area contributed by atoms with Gasteiger partial charge >= 0.3 is 12.1 Å². The van der Waals surface area contributed by atoms with Crippen LogP contribution in [-0.4, -0.2) is 54.0 Å². The maximum atomic E-state index is 12.2. The van der Waals surface area contributed by atoms with Crippen LogP contribution in [0.3, 0.4) is 0 Å². The summed E-state index contributed by atoms with van der Waals surface area (Å²) >= 11 is 1.38. The van der Waals surface area contributed by atoms with Crippen molar-refractivity contribution in [2.75, 3.05) is 26.2 Å². The first-order chi connectivity index (χ1) is 8.89. The quantitative estimate of drug-likeness (QED) is 0.789. The van der Waals surface area contributed by atoms with E-state index in [1.165, 1.54) is 16.2 Å². The minimum atomic E-state index is -4.85. The fourth-order valence-corrected chi connectivity index (χ4v) is 2.49. The van der Waals surface area contributed by atoms with Gasteiger partial charge in [0.2, 0.25) is 0 Å². The molecule has 8 heteroatoms. The van der Waals surface area contributed by atoms with E-state index in [0.29, 0.717) is 5.56 Å². The van der Waals surface area contributed by atoms with Crippen molar-refractivity contribution >= 4 is 23.2 Å². The topological polar surface area (TPSA) is 40.6 Å². The first-order valence-corrected chi connectivity index (χ1v) is 6.51. The third kappa shape index (κ3) is 3.06. The van der Waals surface area contributed by atoms with Crippen molar-refractivity contribution in [3.05, 3.63) is 22.4 Å². The molecule has 1 fully saturated rings. The fraction of sp³-hybridized carbons (Fsp3) is 0.455. The number of rotatable bonds is 1. The van der Waals surface area contributed by atoms with Crippen LogP contribution in [0.15, 0.2) is 16.8 Å². The van der Waals surface area contributed by atoms with Gasteiger partial charge in [-0.3, -0.25) is 9.59 Å². The van der Waals surface area contributed by atoms with Gasteiger partial charge in [0.15, 0.2) is 0 Å². The average molecular weight is 292 g/mol. The van der Waals surface area contributed by atoms with E-state index in [1.54, 1.807) is 16.8 Å². The van der Waals surface area contributed by atoms with Crippen molar-refractivity contribution in [1.29, 1.82) is 0 Å². The predicted octanol–water partition coefficient (Wildman–Crippen LogP) is 1.59. The Morgan fingerprint density at radius 1 is 1.11 bits per heavy atom. The van der Waals surface area contributed by atoms with Crippen molar-refractivity contribution in [3.63, 3.8) is 0 Å². The minimum Gasteiger partial charge on any atom is -0.335 e. The molecule has 0 bridgehead atoms. The van der Waals surface area contributed by atoms with Gasteiger partial charge in [-0.05, 0) is 11.4 Å². The molecule has 0 radical (unpaired) electrons. The molecule has 1 aliphatic heterocycles. The summed E-state index contributed by atoms with van der Waals surface area (Å²) in [6.07, 6.45) is -4.85. The molecule has 1 aromatic rings. The Hall–Kier alpha value is -1.57. The Balaban J connectivity index is 1.93. The van der Waals surface area contributed by atoms with Gasteiger partial charge in [0.25, 0.3) is 5.91 Å². The Morgan fingerprint density at radius 3 is 2.16 bits per heavy atom. The lowest BCUT2D eigenvalue weighted by molar-refractivity contribution is -0.186. The third-order valence-electron chi connectivity index (χ3n) is 2.86. The highest BCUT2D eigenvalue weighted by atomic mass is 32.1. The molecule has 1 aromatic heterocycles. The second kappa shape index (κ2) is 5.20. The lowest BCUT2D eigenvalue weighted by atomic mass is 10.2. The molecule has 104 valence electrons. The van der Waals surface area contributed by atoms with E-state index in [-0.39, 0.29) is 32.1 Å². The van der Waals surface area contributed by atoms with Gasteiger partial charge in [-0.25, -0.2) is 0 Å². The highest BCUT2D eigenvalue weighted by molar-refractivity contribution is 7.08. The number of hydrogen-bond donors (Lipinski definition) is 0. The largest absolute Gasteiger partial charge is 0.471 e. The number of alkyl halides is 3. The first kappa shape index (κ1) is 13.9. The van der Waals surface area contributed by atoms with E-state index < -0.39 is 12.1 Å². The first-order valence-electron chi connectivity index (χ1n) is 5.57. The van der Waals surface area contributed by atoms with Crippen LogP contribution < -0.4 is 0 Å². The van der Waals surface area contributed by atoms with E-state index in [1.807, 2.05) is 0 Å². The number of thiophene rings is 1. The molecular formula is C11H11F3N2O2S. The maximum absolute atomic E-state index is 12.2. The Bertz CT molecular complexity index is 465. The number of amides is 2. The predicted molar refractivity (Wildman–Crippen MR) is 62.9 cm³/mol. The molecule has 0 N–H and O–H groups in total. The zero-order valence-electron chi connectivity index (χ0n) is 9.81. The molecule has 0 aliphatic carbocycles. The molecule has 1 saturated heterocycles. The van der Waals surface area contributed by atoms with Crippen molar-refractivity contribution in [1.82, 2.24) is 9.80 Å². The van der Waals surface area contributed by atoms with E-state index in [2.05, 4.69) is 0 Å². The van der Waals surface area contributed by atoms with Gasteiger partial charge in [-0.15, -0.1) is 0 Å². The van der Waals surface area contributed by atoms with E-state index in [4.69, 9.17) is 0 Å². The summed E-state index contributed by atoms with van der Waals surface area (Å²) in [5.41, 5.74) is 0.528. The van der Waals surface area contributed by atoms with Crippen molar-refractivity contribution in [2.24, 2.45) is 0 Å². The SMILES string of the molecule is O=C(c1ccsc1)N1CCN(C(=O)C(F)(F)F)CC1. The summed E-state index contributed by atoms with van der Waals surface area (Å²) in [5.74, 6) is -2.05. The van der Waals surface area contributed by atoms with Crippen LogP contribution >= 0.6 is 11.3 Å². The van der Waals surface area contributed by atoms with Crippen LogP contribution in [-0.2, 0) is 4.79 Å². The number of halogens is 3. The zero-order chi connectivity index (χ0) is 14.0. The van der Waals surface area contributed by atoms with Crippen LogP contribution in [0.25, 0.3) is 0 Å². The van der Waals surface area contributed by atoms with Gasteiger partial charge in [-0.1, -0.05) is 0 Å². The van der Waals surface area contributed by atoms with Crippen molar-refractivity contribution in [2.45, 2.75) is 6.18 Å². The van der Waals surface area contributed by atoms with E-state index in [9.17, 15) is 22.8 Å². The van der Waals surface area contributed by atoms with Crippen LogP contribution in [0.5, 0.6) is 0 Å². The normalized spacial score (nSPS) is 16.6. The number of hydrogen-bond acceptors (Lipinski definition) is 3. The molecule has 1 aliphatic rings. The Labute approximate surface area is 111 Å². The van der Waals surface area contributed by atoms with Gasteiger partial charge < -0.3 is 9.80 Å². The Kier molecular flexibility index (Phi) is 3.79. The van der Waals surface area contributed by atoms with Crippen molar-refractivity contribution in [3.8, 4) is 0 Å². The van der Waals surface area contributed by atoms with Gasteiger partial charge in [-0.2, -0.15) is 24.5 Å². The van der Waals surface area contributed by atoms with Gasteiger partial charge in [0.1, 0.15) is 0 Å². The standard InChI is InChI=1S/C11H11F3N2O2S/c12-11(13,14)10(18)16-4-2-15(3-5-16)9(17)8-1-6-19-7-8/h1,6-7H,2-5H2. The van der Waals surface area contributed by atoms with Crippen LogP contribution in [0, 0.1) is 0 Å². The molecule has 19 heavy (non-hydrogen) atoms. The molecule has 0 spiro atoms. The fourth-order valence-electron chi connectivity index (χ4n) is 1.86. The lowest BCUT2D eigenvalue weighted by Crippen LogP contribution is -2.53. The summed E-state index contributed by atoms with van der Waals surface area (Å²) in [6, 6.07) is 1.67. The highest BCUT2D eigenvalue weighted by Gasteiger charge is 2.43. The Morgan fingerprint density at radius 2 is 1.68 bits per heavy atom. The maximum Gasteiger partial charge on any atom is 0.471 e. The second-order valence-electron chi connectivity index (χ2n) is 4.09. The lowest BCUT2D eigenvalue weighted by Gasteiger charge is -2.34. The summed E-state index contributed by atoms with van der Waals surface area (Å²) in [5, 5.41) is 3.45. The minimum absolute atomic E-state index is 0.0891. The van der Waals surface area contributed by atoms with E-state index in [0.717, 1.165) is 4.90 Å². The van der Waals surface area contributed by atoms with Gasteiger partial charge in [0, 0.05) is 31.6 Å². The molecule has 2 rings (SSSR count). The molecule has 0 unspecified atom stereocenters. The highest BCUT2D eigenvalue weighted by Crippen LogP contribution is 2.20. The second-order valence-corrected chi connectivity index (χ2v) is 4.87. The zero-order valence-corrected chi connectivity index (χ0v) is 10.6. The van der Waals surface area contributed by atoms with E-state index >= 15 is 0 Å². The van der Waals surface area contributed by atoms with Crippen LogP contribution in [0.2, 0.25) is 0 Å². The molecule has 4 nitrogen and oxygen atoms in total. The molecular weight excluding hydrogens is 281 g/mol.